The lowest BCUT2D eigenvalue weighted by atomic mass is 9.46. The number of allylic oxidation sites excluding steroid dienone is 5. The summed E-state index contributed by atoms with van der Waals surface area (Å²) < 4.78 is 6.49. The predicted octanol–water partition coefficient (Wildman–Crippen LogP) is 5.81. The standard InChI is InChI=1S/C27H29B2ClN2O/c1-7-9-20-19(8-2)22(16-10-11-16)32(27(20,28)29)23-25(3,4)24(26(23,5)6)33-18-13-12-17(15-31)21(30)14-18/h7-9,12-14,23-24H,1,10-11H2,2-6H3/b19-8+,20-9+. The van der Waals surface area contributed by atoms with Crippen LogP contribution in [0.3, 0.4) is 0 Å². The van der Waals surface area contributed by atoms with E-state index in [9.17, 15) is 5.26 Å². The highest BCUT2D eigenvalue weighted by atomic mass is 35.5. The van der Waals surface area contributed by atoms with E-state index in [1.807, 2.05) is 13.0 Å². The Morgan fingerprint density at radius 2 is 1.85 bits per heavy atom. The molecule has 0 unspecified atom stereocenters. The van der Waals surface area contributed by atoms with E-state index in [0.29, 0.717) is 16.3 Å². The molecule has 1 heterocycles. The van der Waals surface area contributed by atoms with Crippen molar-refractivity contribution in [2.45, 2.75) is 64.9 Å². The number of likely N-dealkylation sites (tertiary alicyclic amines) is 1. The maximum Gasteiger partial charge on any atom is 0.121 e. The fourth-order valence-corrected chi connectivity index (χ4v) is 6.51. The Hall–Kier alpha value is -2.31. The second-order valence-electron chi connectivity index (χ2n) is 10.5. The van der Waals surface area contributed by atoms with Crippen molar-refractivity contribution in [2.75, 3.05) is 0 Å². The molecule has 2 saturated carbocycles. The molecule has 1 aromatic carbocycles. The fourth-order valence-electron chi connectivity index (χ4n) is 6.30. The van der Waals surface area contributed by atoms with E-state index in [-0.39, 0.29) is 23.0 Å². The van der Waals surface area contributed by atoms with Crippen molar-refractivity contribution in [2.24, 2.45) is 10.8 Å². The molecule has 0 spiro atoms. The average Bonchev–Trinajstić information content (AvgIpc) is 3.54. The molecule has 3 aliphatic rings. The van der Waals surface area contributed by atoms with Crippen LogP contribution in [0.5, 0.6) is 5.75 Å². The van der Waals surface area contributed by atoms with Gasteiger partial charge in [0.1, 0.15) is 17.9 Å². The molecule has 0 bridgehead atoms. The second-order valence-corrected chi connectivity index (χ2v) is 10.9. The normalized spacial score (nSPS) is 29.1. The van der Waals surface area contributed by atoms with Gasteiger partial charge >= 0.3 is 0 Å². The van der Waals surface area contributed by atoms with Crippen LogP contribution < -0.4 is 4.74 Å². The Labute approximate surface area is 205 Å². The van der Waals surface area contributed by atoms with Gasteiger partial charge < -0.3 is 9.64 Å². The summed E-state index contributed by atoms with van der Waals surface area (Å²) in [6, 6.07) is 7.34. The van der Waals surface area contributed by atoms with Crippen LogP contribution in [0.4, 0.5) is 0 Å². The van der Waals surface area contributed by atoms with Gasteiger partial charge in [-0.3, -0.25) is 0 Å². The Kier molecular flexibility index (Phi) is 5.69. The van der Waals surface area contributed by atoms with Crippen LogP contribution in [0.1, 0.15) is 53.0 Å². The van der Waals surface area contributed by atoms with Crippen LogP contribution in [-0.4, -0.2) is 38.1 Å². The molecule has 4 radical (unpaired) electrons. The average molecular weight is 455 g/mol. The lowest BCUT2D eigenvalue weighted by Gasteiger charge is -2.68. The summed E-state index contributed by atoms with van der Waals surface area (Å²) in [5.41, 5.74) is 4.45. The van der Waals surface area contributed by atoms with Crippen LogP contribution >= 0.6 is 11.6 Å². The van der Waals surface area contributed by atoms with Gasteiger partial charge in [0.2, 0.25) is 0 Å². The smallest absolute Gasteiger partial charge is 0.121 e. The van der Waals surface area contributed by atoms with E-state index in [4.69, 9.17) is 32.0 Å². The van der Waals surface area contributed by atoms with E-state index in [2.05, 4.69) is 51.3 Å². The molecule has 2 aliphatic carbocycles. The zero-order valence-electron chi connectivity index (χ0n) is 20.1. The van der Waals surface area contributed by atoms with Crippen LogP contribution in [0.2, 0.25) is 5.02 Å². The molecule has 6 heteroatoms. The molecule has 1 aliphatic heterocycles. The number of rotatable bonds is 4. The molecule has 0 aromatic heterocycles. The second kappa shape index (κ2) is 7.88. The molecule has 0 atom stereocenters. The van der Waals surface area contributed by atoms with Gasteiger partial charge in [0.05, 0.1) is 26.3 Å². The van der Waals surface area contributed by atoms with E-state index in [0.717, 1.165) is 24.0 Å². The highest BCUT2D eigenvalue weighted by Crippen LogP contribution is 2.63. The third-order valence-corrected chi connectivity index (χ3v) is 7.67. The fraction of sp³-hybridized carbons (Fsp3) is 0.444. The van der Waals surface area contributed by atoms with Crippen LogP contribution in [0.25, 0.3) is 0 Å². The van der Waals surface area contributed by atoms with Crippen molar-refractivity contribution < 1.29 is 4.74 Å². The van der Waals surface area contributed by atoms with Gasteiger partial charge in [0.15, 0.2) is 0 Å². The van der Waals surface area contributed by atoms with Gasteiger partial charge in [0.25, 0.3) is 0 Å². The monoisotopic (exact) mass is 454 g/mol. The minimum Gasteiger partial charge on any atom is -0.489 e. The van der Waals surface area contributed by atoms with E-state index in [1.54, 1.807) is 24.3 Å². The zero-order valence-corrected chi connectivity index (χ0v) is 20.8. The van der Waals surface area contributed by atoms with Gasteiger partial charge in [-0.1, -0.05) is 64.1 Å². The Morgan fingerprint density at radius 3 is 2.33 bits per heavy atom. The van der Waals surface area contributed by atoms with Crippen LogP contribution in [0.15, 0.2) is 65.4 Å². The summed E-state index contributed by atoms with van der Waals surface area (Å²) in [5.74, 6) is 0.652. The molecular formula is C27H29B2ClN2O. The van der Waals surface area contributed by atoms with Crippen molar-refractivity contribution in [1.29, 1.82) is 5.26 Å². The molecule has 3 nitrogen and oxygen atoms in total. The van der Waals surface area contributed by atoms with E-state index >= 15 is 0 Å². The minimum atomic E-state index is -1.15. The first-order valence-electron chi connectivity index (χ1n) is 11.4. The molecule has 1 saturated heterocycles. The zero-order chi connectivity index (χ0) is 24.3. The summed E-state index contributed by atoms with van der Waals surface area (Å²) in [6.45, 7) is 14.7. The van der Waals surface area contributed by atoms with Gasteiger partial charge in [0, 0.05) is 28.6 Å². The highest BCUT2D eigenvalue weighted by molar-refractivity contribution is 6.43. The van der Waals surface area contributed by atoms with Crippen molar-refractivity contribution in [3.8, 4) is 11.8 Å². The molecule has 166 valence electrons. The van der Waals surface area contributed by atoms with E-state index in [1.165, 1.54) is 11.3 Å². The van der Waals surface area contributed by atoms with Crippen molar-refractivity contribution in [3.63, 3.8) is 0 Å². The SMILES string of the molecule is [B]C1([B])C(=C/C=C)/C(=C\C)C(=C2CC2)N1C1C(C)(C)C(Oc2ccc(C#N)c(Cl)c2)C1(C)C. The lowest BCUT2D eigenvalue weighted by Crippen LogP contribution is -2.76. The van der Waals surface area contributed by atoms with Gasteiger partial charge in [-0.25, -0.2) is 0 Å². The quantitative estimate of drug-likeness (QED) is 0.539. The molecular weight excluding hydrogens is 425 g/mol. The first-order chi connectivity index (χ1) is 15.4. The first-order valence-corrected chi connectivity index (χ1v) is 11.8. The molecule has 33 heavy (non-hydrogen) atoms. The Morgan fingerprint density at radius 1 is 1.21 bits per heavy atom. The highest BCUT2D eigenvalue weighted by Gasteiger charge is 2.68. The largest absolute Gasteiger partial charge is 0.489 e. The number of ether oxygens (including phenoxy) is 1. The third kappa shape index (κ3) is 3.50. The molecule has 4 rings (SSSR count). The van der Waals surface area contributed by atoms with Crippen molar-refractivity contribution in [3.05, 3.63) is 76.0 Å². The summed E-state index contributed by atoms with van der Waals surface area (Å²) in [5, 5.41) is 8.41. The predicted molar refractivity (Wildman–Crippen MR) is 136 cm³/mol. The van der Waals surface area contributed by atoms with Gasteiger partial charge in [-0.05, 0) is 54.0 Å². The van der Waals surface area contributed by atoms with Crippen molar-refractivity contribution in [1.82, 2.24) is 4.90 Å². The third-order valence-electron chi connectivity index (χ3n) is 7.36. The summed E-state index contributed by atoms with van der Waals surface area (Å²) in [4.78, 5) is 2.24. The minimum absolute atomic E-state index is 0.0348. The number of halogens is 1. The topological polar surface area (TPSA) is 36.3 Å². The number of benzene rings is 1. The molecule has 0 N–H and O–H groups in total. The summed E-state index contributed by atoms with van der Waals surface area (Å²) in [7, 11) is 13.8. The Bertz CT molecular complexity index is 1130. The van der Waals surface area contributed by atoms with Gasteiger partial charge in [-0.15, -0.1) is 0 Å². The van der Waals surface area contributed by atoms with Gasteiger partial charge in [-0.2, -0.15) is 5.26 Å². The number of nitrogens with zero attached hydrogens (tertiary/aromatic N) is 2. The van der Waals surface area contributed by atoms with Crippen LogP contribution in [-0.2, 0) is 0 Å². The number of hydrogen-bond acceptors (Lipinski definition) is 3. The maximum absolute atomic E-state index is 9.17. The summed E-state index contributed by atoms with van der Waals surface area (Å²) in [6.07, 6.45) is 7.82. The first kappa shape index (κ1) is 23.8. The lowest BCUT2D eigenvalue weighted by molar-refractivity contribution is -0.203. The maximum atomic E-state index is 9.17. The molecule has 0 amide bonds. The van der Waals surface area contributed by atoms with Crippen LogP contribution in [0, 0.1) is 22.2 Å². The molecule has 1 aromatic rings. The number of hydrogen-bond donors (Lipinski definition) is 0. The van der Waals surface area contributed by atoms with Crippen molar-refractivity contribution >= 4 is 27.3 Å². The Balaban J connectivity index is 1.75. The summed E-state index contributed by atoms with van der Waals surface area (Å²) >= 11 is 6.25. The van der Waals surface area contributed by atoms with E-state index < -0.39 is 5.34 Å². The number of nitriles is 1. The molecule has 3 fully saturated rings.